The average Bonchev–Trinajstić information content (AvgIpc) is 2.85. The molecule has 2 aliphatic rings. The lowest BCUT2D eigenvalue weighted by Crippen LogP contribution is -2.52. The number of aliphatic hydroxyl groups is 1. The smallest absolute Gasteiger partial charge is 0.255 e. The summed E-state index contributed by atoms with van der Waals surface area (Å²) in [6.07, 6.45) is 5.06. The van der Waals surface area contributed by atoms with Crippen LogP contribution >= 0.6 is 0 Å². The molecule has 6 heteroatoms. The van der Waals surface area contributed by atoms with E-state index >= 15 is 0 Å². The molecule has 1 aromatic heterocycles. The van der Waals surface area contributed by atoms with Gasteiger partial charge in [-0.05, 0) is 32.2 Å². The van der Waals surface area contributed by atoms with Gasteiger partial charge in [-0.2, -0.15) is 5.10 Å². The number of piperidine rings is 1. The lowest BCUT2D eigenvalue weighted by Gasteiger charge is -2.29. The van der Waals surface area contributed by atoms with E-state index in [2.05, 4.69) is 15.7 Å². The second kappa shape index (κ2) is 5.30. The fourth-order valence-corrected chi connectivity index (χ4v) is 2.87. The van der Waals surface area contributed by atoms with Gasteiger partial charge in [0.1, 0.15) is 0 Å². The Labute approximate surface area is 112 Å². The van der Waals surface area contributed by atoms with Crippen molar-refractivity contribution < 1.29 is 9.90 Å². The molecule has 0 aliphatic carbocycles. The molecule has 0 bridgehead atoms. The minimum atomic E-state index is -0.510. The molecule has 1 amide bonds. The van der Waals surface area contributed by atoms with Crippen LogP contribution in [0.4, 0.5) is 0 Å². The monoisotopic (exact) mass is 264 g/mol. The molecule has 19 heavy (non-hydrogen) atoms. The highest BCUT2D eigenvalue weighted by Gasteiger charge is 2.27. The number of aliphatic hydroxyl groups excluding tert-OH is 1. The van der Waals surface area contributed by atoms with Crippen LogP contribution in [0, 0.1) is 0 Å². The molecule has 2 atom stereocenters. The van der Waals surface area contributed by atoms with Crippen molar-refractivity contribution in [1.82, 2.24) is 20.4 Å². The molecule has 2 unspecified atom stereocenters. The third kappa shape index (κ3) is 2.50. The molecule has 0 saturated carbocycles. The van der Waals surface area contributed by atoms with E-state index in [0.717, 1.165) is 44.5 Å². The predicted molar refractivity (Wildman–Crippen MR) is 69.9 cm³/mol. The maximum Gasteiger partial charge on any atom is 0.255 e. The van der Waals surface area contributed by atoms with E-state index in [-0.39, 0.29) is 11.9 Å². The minimum Gasteiger partial charge on any atom is -0.390 e. The normalized spacial score (nSPS) is 26.8. The summed E-state index contributed by atoms with van der Waals surface area (Å²) in [6, 6.07) is -0.159. The summed E-state index contributed by atoms with van der Waals surface area (Å²) >= 11 is 0. The van der Waals surface area contributed by atoms with E-state index < -0.39 is 6.10 Å². The second-order valence-electron chi connectivity index (χ2n) is 5.33. The van der Waals surface area contributed by atoms with E-state index in [9.17, 15) is 9.90 Å². The largest absolute Gasteiger partial charge is 0.390 e. The Morgan fingerprint density at radius 1 is 1.53 bits per heavy atom. The van der Waals surface area contributed by atoms with Crippen molar-refractivity contribution in [3.05, 3.63) is 17.5 Å². The predicted octanol–water partition coefficient (Wildman–Crippen LogP) is -0.328. The van der Waals surface area contributed by atoms with Gasteiger partial charge in [-0.1, -0.05) is 0 Å². The number of carbonyl (C=O) groups is 1. The van der Waals surface area contributed by atoms with Crippen LogP contribution in [0.2, 0.25) is 0 Å². The van der Waals surface area contributed by atoms with Crippen LogP contribution < -0.4 is 10.6 Å². The summed E-state index contributed by atoms with van der Waals surface area (Å²) in [6.45, 7) is 2.27. The zero-order valence-electron chi connectivity index (χ0n) is 10.9. The van der Waals surface area contributed by atoms with E-state index in [1.54, 1.807) is 6.20 Å². The summed E-state index contributed by atoms with van der Waals surface area (Å²) < 4.78 is 1.93. The number of hydrogen-bond acceptors (Lipinski definition) is 4. The molecular weight excluding hydrogens is 244 g/mol. The van der Waals surface area contributed by atoms with Crippen LogP contribution in [-0.2, 0) is 13.0 Å². The average molecular weight is 264 g/mol. The molecule has 3 heterocycles. The van der Waals surface area contributed by atoms with Gasteiger partial charge < -0.3 is 15.7 Å². The molecule has 3 N–H and O–H groups in total. The Balaban J connectivity index is 1.71. The molecule has 1 aromatic rings. The number of aryl methyl sites for hydroxylation is 1. The maximum atomic E-state index is 12.3. The fraction of sp³-hybridized carbons (Fsp3) is 0.692. The minimum absolute atomic E-state index is 0.103. The summed E-state index contributed by atoms with van der Waals surface area (Å²) in [4.78, 5) is 12.3. The maximum absolute atomic E-state index is 12.3. The van der Waals surface area contributed by atoms with Gasteiger partial charge in [-0.25, -0.2) is 0 Å². The fourth-order valence-electron chi connectivity index (χ4n) is 2.87. The van der Waals surface area contributed by atoms with Gasteiger partial charge in [-0.15, -0.1) is 0 Å². The zero-order chi connectivity index (χ0) is 13.2. The highest BCUT2D eigenvalue weighted by atomic mass is 16.3. The molecule has 0 spiro atoms. The SMILES string of the molecule is O=C(NC1CCNCC1O)c1cnn2c1CCCC2. The van der Waals surface area contributed by atoms with E-state index in [1.165, 1.54) is 0 Å². The van der Waals surface area contributed by atoms with Gasteiger partial charge in [0.15, 0.2) is 0 Å². The second-order valence-corrected chi connectivity index (χ2v) is 5.33. The first kappa shape index (κ1) is 12.6. The van der Waals surface area contributed by atoms with Crippen LogP contribution in [0.1, 0.15) is 35.3 Å². The molecular formula is C13H20N4O2. The van der Waals surface area contributed by atoms with E-state index in [4.69, 9.17) is 0 Å². The Morgan fingerprint density at radius 2 is 2.42 bits per heavy atom. The van der Waals surface area contributed by atoms with Crippen molar-refractivity contribution in [2.45, 2.75) is 44.4 Å². The Bertz CT molecular complexity index is 471. The molecule has 2 aliphatic heterocycles. The Morgan fingerprint density at radius 3 is 3.26 bits per heavy atom. The van der Waals surface area contributed by atoms with Gasteiger partial charge in [0.25, 0.3) is 5.91 Å². The number of amides is 1. The van der Waals surface area contributed by atoms with Crippen LogP contribution in [-0.4, -0.2) is 46.0 Å². The van der Waals surface area contributed by atoms with Gasteiger partial charge in [-0.3, -0.25) is 9.48 Å². The molecule has 0 aromatic carbocycles. The zero-order valence-corrected chi connectivity index (χ0v) is 10.9. The first-order valence-corrected chi connectivity index (χ1v) is 7.00. The van der Waals surface area contributed by atoms with Crippen molar-refractivity contribution in [1.29, 1.82) is 0 Å². The summed E-state index contributed by atoms with van der Waals surface area (Å²) in [5, 5.41) is 20.2. The van der Waals surface area contributed by atoms with Crippen LogP contribution in [0.5, 0.6) is 0 Å². The van der Waals surface area contributed by atoms with E-state index in [1.807, 2.05) is 4.68 Å². The van der Waals surface area contributed by atoms with Crippen molar-refractivity contribution >= 4 is 5.91 Å². The number of nitrogens with one attached hydrogen (secondary N) is 2. The highest BCUT2D eigenvalue weighted by Crippen LogP contribution is 2.18. The summed E-state index contributed by atoms with van der Waals surface area (Å²) in [5.74, 6) is -0.103. The van der Waals surface area contributed by atoms with Gasteiger partial charge in [0.2, 0.25) is 0 Å². The molecule has 1 fully saturated rings. The highest BCUT2D eigenvalue weighted by molar-refractivity contribution is 5.95. The van der Waals surface area contributed by atoms with Crippen molar-refractivity contribution in [3.63, 3.8) is 0 Å². The number of β-amino-alcohol motifs (C(OH)–C–C–N with tert-alkyl or cyclic N) is 1. The van der Waals surface area contributed by atoms with Gasteiger partial charge in [0.05, 0.1) is 29.6 Å². The van der Waals surface area contributed by atoms with Gasteiger partial charge in [0, 0.05) is 13.1 Å². The Hall–Kier alpha value is -1.40. The first-order chi connectivity index (χ1) is 9.25. The standard InChI is InChI=1S/C13H20N4O2/c18-12-8-14-5-4-10(12)16-13(19)9-7-15-17-6-2-1-3-11(9)17/h7,10,12,14,18H,1-6,8H2,(H,16,19). The number of aromatic nitrogens is 2. The third-order valence-corrected chi connectivity index (χ3v) is 3.99. The van der Waals surface area contributed by atoms with E-state index in [0.29, 0.717) is 12.1 Å². The lowest BCUT2D eigenvalue weighted by molar-refractivity contribution is 0.0764. The van der Waals surface area contributed by atoms with Crippen molar-refractivity contribution in [2.24, 2.45) is 0 Å². The number of rotatable bonds is 2. The number of nitrogens with zero attached hydrogens (tertiary/aromatic N) is 2. The summed E-state index contributed by atoms with van der Waals surface area (Å²) in [5.41, 5.74) is 1.71. The first-order valence-electron chi connectivity index (χ1n) is 7.00. The molecule has 104 valence electrons. The Kier molecular flexibility index (Phi) is 3.52. The quantitative estimate of drug-likeness (QED) is 0.683. The third-order valence-electron chi connectivity index (χ3n) is 3.99. The van der Waals surface area contributed by atoms with Gasteiger partial charge >= 0.3 is 0 Å². The van der Waals surface area contributed by atoms with Crippen molar-refractivity contribution in [3.8, 4) is 0 Å². The van der Waals surface area contributed by atoms with Crippen LogP contribution in [0.3, 0.4) is 0 Å². The molecule has 3 rings (SSSR count). The topological polar surface area (TPSA) is 79.2 Å². The summed E-state index contributed by atoms with van der Waals surface area (Å²) in [7, 11) is 0. The molecule has 1 saturated heterocycles. The lowest BCUT2D eigenvalue weighted by atomic mass is 10.0. The van der Waals surface area contributed by atoms with Crippen molar-refractivity contribution in [2.75, 3.05) is 13.1 Å². The number of hydrogen-bond donors (Lipinski definition) is 3. The number of fused-ring (bicyclic) bond motifs is 1. The molecule has 0 radical (unpaired) electrons. The van der Waals surface area contributed by atoms with Crippen LogP contribution in [0.15, 0.2) is 6.20 Å². The van der Waals surface area contributed by atoms with Crippen LogP contribution in [0.25, 0.3) is 0 Å². The molecule has 6 nitrogen and oxygen atoms in total. The number of carbonyl (C=O) groups excluding carboxylic acids is 1.